The van der Waals surface area contributed by atoms with E-state index < -0.39 is 16.2 Å². The van der Waals surface area contributed by atoms with Crippen molar-refractivity contribution in [3.8, 4) is 5.69 Å². The zero-order valence-electron chi connectivity index (χ0n) is 10.8. The molecule has 21 heavy (non-hydrogen) atoms. The van der Waals surface area contributed by atoms with Crippen molar-refractivity contribution in [2.24, 2.45) is 0 Å². The summed E-state index contributed by atoms with van der Waals surface area (Å²) in [5, 5.41) is 10.6. The molecule has 2 N–H and O–H groups in total. The minimum atomic E-state index is -0.542. The first-order valence-corrected chi connectivity index (χ1v) is 5.94. The molecule has 0 fully saturated rings. The second-order valence-electron chi connectivity index (χ2n) is 4.39. The first-order chi connectivity index (χ1) is 9.97. The Balaban J connectivity index is 2.30. The number of hydrogen-bond acceptors (Lipinski definition) is 5. The first kappa shape index (κ1) is 12.8. The van der Waals surface area contributed by atoms with Crippen LogP contribution in [0, 0.1) is 17.0 Å². The van der Waals surface area contributed by atoms with E-state index in [4.69, 9.17) is 0 Å². The average molecular weight is 287 g/mol. The number of aryl methyl sites for hydroxylation is 1. The van der Waals surface area contributed by atoms with Gasteiger partial charge in [-0.3, -0.25) is 24.5 Å². The van der Waals surface area contributed by atoms with Gasteiger partial charge in [0.05, 0.1) is 10.6 Å². The zero-order valence-corrected chi connectivity index (χ0v) is 10.8. The third-order valence-electron chi connectivity index (χ3n) is 2.98. The summed E-state index contributed by atoms with van der Waals surface area (Å²) in [6.45, 7) is 1.60. The van der Waals surface area contributed by atoms with E-state index in [0.29, 0.717) is 11.5 Å². The van der Waals surface area contributed by atoms with Crippen LogP contribution in [-0.2, 0) is 0 Å². The first-order valence-electron chi connectivity index (χ1n) is 5.94. The number of benzene rings is 1. The van der Waals surface area contributed by atoms with Crippen LogP contribution in [0.3, 0.4) is 0 Å². The third-order valence-corrected chi connectivity index (χ3v) is 2.98. The Labute approximate surface area is 116 Å². The quantitative estimate of drug-likeness (QED) is 0.527. The van der Waals surface area contributed by atoms with Crippen molar-refractivity contribution in [2.75, 3.05) is 0 Å². The Morgan fingerprint density at radius 2 is 1.86 bits per heavy atom. The lowest BCUT2D eigenvalue weighted by Gasteiger charge is -2.02. The molecule has 106 valence electrons. The molecule has 0 saturated heterocycles. The molecule has 0 bridgehead atoms. The lowest BCUT2D eigenvalue weighted by molar-refractivity contribution is -0.384. The number of aromatic nitrogens is 4. The molecule has 0 atom stereocenters. The topological polar surface area (TPSA) is 127 Å². The lowest BCUT2D eigenvalue weighted by atomic mass is 10.3. The summed E-state index contributed by atoms with van der Waals surface area (Å²) in [6.07, 6.45) is 0. The highest BCUT2D eigenvalue weighted by molar-refractivity contribution is 5.72. The molecule has 0 unspecified atom stereocenters. The number of rotatable bonds is 2. The Bertz CT molecular complexity index is 964. The van der Waals surface area contributed by atoms with Crippen LogP contribution in [0.5, 0.6) is 0 Å². The normalized spacial score (nSPS) is 10.9. The maximum atomic E-state index is 12.0. The maximum Gasteiger partial charge on any atom is 0.332 e. The van der Waals surface area contributed by atoms with E-state index in [1.807, 2.05) is 0 Å². The summed E-state index contributed by atoms with van der Waals surface area (Å²) in [7, 11) is 0. The summed E-state index contributed by atoms with van der Waals surface area (Å²) in [6, 6.07) is 5.31. The molecule has 3 rings (SSSR count). The highest BCUT2D eigenvalue weighted by Gasteiger charge is 2.14. The van der Waals surface area contributed by atoms with Crippen LogP contribution in [0.15, 0.2) is 33.9 Å². The van der Waals surface area contributed by atoms with Gasteiger partial charge < -0.3 is 4.98 Å². The molecule has 3 aromatic rings. The number of H-pyrrole nitrogens is 2. The van der Waals surface area contributed by atoms with Gasteiger partial charge in [-0.15, -0.1) is 0 Å². The predicted octanol–water partition coefficient (Wildman–Crippen LogP) is 0.619. The van der Waals surface area contributed by atoms with Crippen LogP contribution in [0.1, 0.15) is 5.82 Å². The molecule has 1 aromatic carbocycles. The average Bonchev–Trinajstić information content (AvgIpc) is 2.75. The van der Waals surface area contributed by atoms with Crippen LogP contribution in [0.25, 0.3) is 16.9 Å². The number of nitro benzene ring substituents is 1. The van der Waals surface area contributed by atoms with Gasteiger partial charge in [0.15, 0.2) is 11.2 Å². The van der Waals surface area contributed by atoms with Crippen molar-refractivity contribution < 1.29 is 4.92 Å². The second kappa shape index (κ2) is 4.40. The molecule has 2 aromatic heterocycles. The van der Waals surface area contributed by atoms with Gasteiger partial charge in [0.2, 0.25) is 0 Å². The van der Waals surface area contributed by atoms with E-state index in [2.05, 4.69) is 15.0 Å². The number of nitrogens with one attached hydrogen (secondary N) is 2. The number of hydrogen-bond donors (Lipinski definition) is 2. The molecular weight excluding hydrogens is 278 g/mol. The zero-order chi connectivity index (χ0) is 15.1. The van der Waals surface area contributed by atoms with Gasteiger partial charge in [-0.25, -0.2) is 9.78 Å². The van der Waals surface area contributed by atoms with E-state index in [1.54, 1.807) is 6.92 Å². The molecule has 0 amide bonds. The van der Waals surface area contributed by atoms with Gasteiger partial charge in [0.1, 0.15) is 5.82 Å². The fourth-order valence-corrected chi connectivity index (χ4v) is 2.10. The Morgan fingerprint density at radius 3 is 2.48 bits per heavy atom. The van der Waals surface area contributed by atoms with Gasteiger partial charge in [0, 0.05) is 12.1 Å². The number of nitro groups is 1. The smallest absolute Gasteiger partial charge is 0.309 e. The molecule has 0 saturated carbocycles. The largest absolute Gasteiger partial charge is 0.332 e. The summed E-state index contributed by atoms with van der Waals surface area (Å²) in [5.41, 5.74) is -0.529. The summed E-state index contributed by atoms with van der Waals surface area (Å²) in [5.74, 6) is 0.379. The van der Waals surface area contributed by atoms with Gasteiger partial charge in [-0.1, -0.05) is 0 Å². The molecule has 0 spiro atoms. The van der Waals surface area contributed by atoms with Crippen molar-refractivity contribution in [2.45, 2.75) is 6.92 Å². The van der Waals surface area contributed by atoms with Crippen molar-refractivity contribution in [1.29, 1.82) is 0 Å². The van der Waals surface area contributed by atoms with Crippen molar-refractivity contribution >= 4 is 16.9 Å². The van der Waals surface area contributed by atoms with Gasteiger partial charge >= 0.3 is 5.69 Å². The Kier molecular flexibility index (Phi) is 2.68. The van der Waals surface area contributed by atoms with Crippen LogP contribution in [0.4, 0.5) is 5.69 Å². The van der Waals surface area contributed by atoms with Crippen molar-refractivity contribution in [3.63, 3.8) is 0 Å². The van der Waals surface area contributed by atoms with E-state index in [9.17, 15) is 19.7 Å². The van der Waals surface area contributed by atoms with Crippen LogP contribution in [-0.4, -0.2) is 24.4 Å². The van der Waals surface area contributed by atoms with E-state index in [1.165, 1.54) is 24.3 Å². The molecule has 9 nitrogen and oxygen atoms in total. The van der Waals surface area contributed by atoms with Crippen LogP contribution in [0.2, 0.25) is 0 Å². The number of fused-ring (bicyclic) bond motifs is 1. The SMILES string of the molecule is Cc1nc2[nH]c(=O)n(-c3ccc([N+](=O)[O-])cc3)c2c(=O)[nH]1. The Morgan fingerprint density at radius 1 is 1.19 bits per heavy atom. The number of nitrogens with zero attached hydrogens (tertiary/aromatic N) is 3. The number of imidazole rings is 1. The molecule has 0 radical (unpaired) electrons. The van der Waals surface area contributed by atoms with E-state index in [0.717, 1.165) is 4.57 Å². The second-order valence-corrected chi connectivity index (χ2v) is 4.39. The fourth-order valence-electron chi connectivity index (χ4n) is 2.10. The fraction of sp³-hybridized carbons (Fsp3) is 0.0833. The lowest BCUT2D eigenvalue weighted by Crippen LogP contribution is -2.19. The Hall–Kier alpha value is -3.23. The molecule has 2 heterocycles. The maximum absolute atomic E-state index is 12.0. The highest BCUT2D eigenvalue weighted by Crippen LogP contribution is 2.16. The monoisotopic (exact) mass is 287 g/mol. The van der Waals surface area contributed by atoms with Crippen molar-refractivity contribution in [3.05, 3.63) is 61.0 Å². The summed E-state index contributed by atoms with van der Waals surface area (Å²) < 4.78 is 1.13. The number of aromatic amines is 2. The molecule has 0 aliphatic carbocycles. The van der Waals surface area contributed by atoms with Crippen LogP contribution >= 0.6 is 0 Å². The van der Waals surface area contributed by atoms with E-state index >= 15 is 0 Å². The standard InChI is InChI=1S/C12H9N5O4/c1-6-13-10-9(11(18)14-6)16(12(19)15-10)7-2-4-8(5-3-7)17(20)21/h2-5H,1H3,(H2,13,14,15,18,19). The molecular formula is C12H9N5O4. The van der Waals surface area contributed by atoms with Gasteiger partial charge in [-0.05, 0) is 19.1 Å². The van der Waals surface area contributed by atoms with Gasteiger partial charge in [-0.2, -0.15) is 0 Å². The molecule has 9 heteroatoms. The summed E-state index contributed by atoms with van der Waals surface area (Å²) >= 11 is 0. The molecule has 0 aliphatic rings. The number of non-ortho nitro benzene ring substituents is 1. The predicted molar refractivity (Wildman–Crippen MR) is 73.7 cm³/mol. The summed E-state index contributed by atoms with van der Waals surface area (Å²) in [4.78, 5) is 43.1. The highest BCUT2D eigenvalue weighted by atomic mass is 16.6. The van der Waals surface area contributed by atoms with E-state index in [-0.39, 0.29) is 16.9 Å². The van der Waals surface area contributed by atoms with Crippen LogP contribution < -0.4 is 11.2 Å². The van der Waals surface area contributed by atoms with Crippen molar-refractivity contribution in [1.82, 2.24) is 19.5 Å². The minimum absolute atomic E-state index is 0.0689. The van der Waals surface area contributed by atoms with Gasteiger partial charge in [0.25, 0.3) is 11.2 Å². The third kappa shape index (κ3) is 2.00. The minimum Gasteiger partial charge on any atom is -0.309 e. The molecule has 0 aliphatic heterocycles.